The lowest BCUT2D eigenvalue weighted by atomic mass is 10.3. The first kappa shape index (κ1) is 17.1. The molecule has 0 unspecified atom stereocenters. The molecule has 0 saturated carbocycles. The van der Waals surface area contributed by atoms with Crippen molar-refractivity contribution in [2.24, 2.45) is 5.73 Å². The number of nitrogens with zero attached hydrogens (tertiary/aromatic N) is 2. The van der Waals surface area contributed by atoms with Gasteiger partial charge in [-0.2, -0.15) is 13.2 Å². The van der Waals surface area contributed by atoms with Crippen LogP contribution in [0.15, 0.2) is 0 Å². The molecule has 0 saturated heterocycles. The highest BCUT2D eigenvalue weighted by atomic mass is 32.1. The SMILES string of the molecule is CN(C)CCCN(CCC(N)=S)C(=O)C(F)(F)F. The van der Waals surface area contributed by atoms with Crippen LogP contribution in [0.3, 0.4) is 0 Å². The molecule has 0 heterocycles. The van der Waals surface area contributed by atoms with E-state index in [2.05, 4.69) is 12.2 Å². The van der Waals surface area contributed by atoms with Gasteiger partial charge in [0.15, 0.2) is 0 Å². The van der Waals surface area contributed by atoms with Gasteiger partial charge in [-0.3, -0.25) is 4.79 Å². The Balaban J connectivity index is 4.42. The molecule has 18 heavy (non-hydrogen) atoms. The third-order valence-electron chi connectivity index (χ3n) is 2.19. The molecule has 0 aliphatic heterocycles. The minimum Gasteiger partial charge on any atom is -0.393 e. The van der Waals surface area contributed by atoms with Crippen molar-refractivity contribution in [1.82, 2.24) is 9.80 Å². The van der Waals surface area contributed by atoms with Gasteiger partial charge in [-0.05, 0) is 27.1 Å². The maximum atomic E-state index is 12.3. The fourth-order valence-corrected chi connectivity index (χ4v) is 1.41. The lowest BCUT2D eigenvalue weighted by molar-refractivity contribution is -0.185. The molecule has 0 atom stereocenters. The average molecular weight is 285 g/mol. The molecule has 4 nitrogen and oxygen atoms in total. The molecule has 0 aliphatic rings. The van der Waals surface area contributed by atoms with Gasteiger partial charge in [0.25, 0.3) is 0 Å². The van der Waals surface area contributed by atoms with Crippen molar-refractivity contribution in [2.75, 3.05) is 33.7 Å². The molecule has 2 N–H and O–H groups in total. The minimum absolute atomic E-state index is 0.0408. The molecule has 0 aromatic rings. The maximum Gasteiger partial charge on any atom is 0.471 e. The van der Waals surface area contributed by atoms with E-state index in [1.807, 2.05) is 19.0 Å². The Morgan fingerprint density at radius 2 is 1.78 bits per heavy atom. The van der Waals surface area contributed by atoms with Crippen LogP contribution in [0.4, 0.5) is 13.2 Å². The number of alkyl halides is 3. The molecule has 0 aromatic heterocycles. The van der Waals surface area contributed by atoms with Crippen LogP contribution in [0.1, 0.15) is 12.8 Å². The van der Waals surface area contributed by atoms with E-state index in [0.29, 0.717) is 13.0 Å². The molecule has 1 amide bonds. The summed E-state index contributed by atoms with van der Waals surface area (Å²) in [6, 6.07) is 0. The standard InChI is InChI=1S/C10H18F3N3OS/c1-15(2)5-3-6-16(7-4-8(14)18)9(17)10(11,12)13/h3-7H2,1-2H3,(H2,14,18). The zero-order chi connectivity index (χ0) is 14.3. The van der Waals surface area contributed by atoms with E-state index < -0.39 is 12.1 Å². The molecule has 0 aliphatic carbocycles. The Labute approximate surface area is 110 Å². The molecule has 0 bridgehead atoms. The Kier molecular flexibility index (Phi) is 7.15. The molecular weight excluding hydrogens is 267 g/mol. The first-order valence-corrected chi connectivity index (χ1v) is 5.84. The number of halogens is 3. The zero-order valence-corrected chi connectivity index (χ0v) is 11.3. The van der Waals surface area contributed by atoms with Crippen molar-refractivity contribution in [1.29, 1.82) is 0 Å². The van der Waals surface area contributed by atoms with E-state index in [4.69, 9.17) is 5.73 Å². The van der Waals surface area contributed by atoms with Crippen molar-refractivity contribution < 1.29 is 18.0 Å². The Morgan fingerprint density at radius 1 is 1.22 bits per heavy atom. The number of nitrogens with two attached hydrogens (primary N) is 1. The summed E-state index contributed by atoms with van der Waals surface area (Å²) in [5.74, 6) is -1.84. The van der Waals surface area contributed by atoms with Crippen LogP contribution in [0.5, 0.6) is 0 Å². The van der Waals surface area contributed by atoms with E-state index in [1.54, 1.807) is 0 Å². The molecule has 0 spiro atoms. The first-order chi connectivity index (χ1) is 8.14. The minimum atomic E-state index is -4.85. The number of hydrogen-bond acceptors (Lipinski definition) is 3. The van der Waals surface area contributed by atoms with Gasteiger partial charge in [0.1, 0.15) is 0 Å². The Bertz CT molecular complexity index is 295. The van der Waals surface area contributed by atoms with E-state index in [1.165, 1.54) is 0 Å². The lowest BCUT2D eigenvalue weighted by Gasteiger charge is -2.24. The summed E-state index contributed by atoms with van der Waals surface area (Å²) in [6.07, 6.45) is -4.29. The van der Waals surface area contributed by atoms with Gasteiger partial charge in [-0.25, -0.2) is 0 Å². The fourth-order valence-electron chi connectivity index (χ4n) is 1.32. The van der Waals surface area contributed by atoms with Crippen molar-refractivity contribution in [2.45, 2.75) is 19.0 Å². The predicted octanol–water partition coefficient (Wildman–Crippen LogP) is 1.01. The lowest BCUT2D eigenvalue weighted by Crippen LogP contribution is -2.43. The van der Waals surface area contributed by atoms with Crippen LogP contribution in [0.2, 0.25) is 0 Å². The Morgan fingerprint density at radius 3 is 2.17 bits per heavy atom. The second-order valence-corrected chi connectivity index (χ2v) is 4.69. The molecule has 8 heteroatoms. The molecule has 0 radical (unpaired) electrons. The van der Waals surface area contributed by atoms with E-state index in [9.17, 15) is 18.0 Å². The summed E-state index contributed by atoms with van der Waals surface area (Å²) in [6.45, 7) is 0.551. The van der Waals surface area contributed by atoms with Crippen molar-refractivity contribution in [3.8, 4) is 0 Å². The van der Waals surface area contributed by atoms with E-state index in [-0.39, 0.29) is 24.5 Å². The molecule has 0 fully saturated rings. The maximum absolute atomic E-state index is 12.3. The van der Waals surface area contributed by atoms with Gasteiger partial charge in [0, 0.05) is 19.5 Å². The summed E-state index contributed by atoms with van der Waals surface area (Å²) in [5.41, 5.74) is 5.23. The largest absolute Gasteiger partial charge is 0.471 e. The van der Waals surface area contributed by atoms with Crippen LogP contribution in [0.25, 0.3) is 0 Å². The highest BCUT2D eigenvalue weighted by molar-refractivity contribution is 7.80. The third kappa shape index (κ3) is 7.44. The average Bonchev–Trinajstić information content (AvgIpc) is 2.20. The summed E-state index contributed by atoms with van der Waals surface area (Å²) >= 11 is 4.60. The number of rotatable bonds is 7. The number of carbonyl (C=O) groups is 1. The normalized spacial score (nSPS) is 11.7. The summed E-state index contributed by atoms with van der Waals surface area (Å²) < 4.78 is 37.0. The highest BCUT2D eigenvalue weighted by Crippen LogP contribution is 2.18. The van der Waals surface area contributed by atoms with Gasteiger partial charge in [-0.1, -0.05) is 12.2 Å². The third-order valence-corrected chi connectivity index (χ3v) is 2.40. The smallest absolute Gasteiger partial charge is 0.393 e. The van der Waals surface area contributed by atoms with Crippen molar-refractivity contribution in [3.05, 3.63) is 0 Å². The molecule has 0 aromatic carbocycles. The second-order valence-electron chi connectivity index (χ2n) is 4.16. The second kappa shape index (κ2) is 7.52. The summed E-state index contributed by atoms with van der Waals surface area (Å²) in [5, 5.41) is 0. The van der Waals surface area contributed by atoms with Crippen molar-refractivity contribution in [3.63, 3.8) is 0 Å². The van der Waals surface area contributed by atoms with Crippen LogP contribution >= 0.6 is 12.2 Å². The Hall–Kier alpha value is -0.890. The van der Waals surface area contributed by atoms with E-state index >= 15 is 0 Å². The first-order valence-electron chi connectivity index (χ1n) is 5.43. The zero-order valence-electron chi connectivity index (χ0n) is 10.5. The number of thiocarbonyl (C=S) groups is 1. The van der Waals surface area contributed by atoms with Gasteiger partial charge >= 0.3 is 12.1 Å². The van der Waals surface area contributed by atoms with Gasteiger partial charge in [0.2, 0.25) is 0 Å². The van der Waals surface area contributed by atoms with Crippen molar-refractivity contribution >= 4 is 23.1 Å². The number of carbonyl (C=O) groups excluding carboxylic acids is 1. The fraction of sp³-hybridized carbons (Fsp3) is 0.800. The molecule has 0 rings (SSSR count). The predicted molar refractivity (Wildman–Crippen MR) is 67.2 cm³/mol. The highest BCUT2D eigenvalue weighted by Gasteiger charge is 2.42. The topological polar surface area (TPSA) is 49.6 Å². The van der Waals surface area contributed by atoms with Crippen LogP contribution < -0.4 is 5.73 Å². The van der Waals surface area contributed by atoms with E-state index in [0.717, 1.165) is 4.90 Å². The van der Waals surface area contributed by atoms with Gasteiger partial charge < -0.3 is 15.5 Å². The van der Waals surface area contributed by atoms with Crippen LogP contribution in [-0.4, -0.2) is 60.6 Å². The van der Waals surface area contributed by atoms with Gasteiger partial charge in [0.05, 0.1) is 4.99 Å². The quantitative estimate of drug-likeness (QED) is 0.709. The van der Waals surface area contributed by atoms with Crippen LogP contribution in [0, 0.1) is 0 Å². The summed E-state index contributed by atoms with van der Waals surface area (Å²) in [7, 11) is 3.62. The summed E-state index contributed by atoms with van der Waals surface area (Å²) in [4.78, 5) is 13.8. The molecule has 106 valence electrons. The monoisotopic (exact) mass is 285 g/mol. The number of amides is 1. The van der Waals surface area contributed by atoms with Crippen LogP contribution in [-0.2, 0) is 4.79 Å². The molecular formula is C10H18F3N3OS. The van der Waals surface area contributed by atoms with Gasteiger partial charge in [-0.15, -0.1) is 0 Å². The number of hydrogen-bond donors (Lipinski definition) is 1.